The predicted molar refractivity (Wildman–Crippen MR) is 136 cm³/mol. The van der Waals surface area contributed by atoms with Crippen molar-refractivity contribution in [3.05, 3.63) is 0 Å². The van der Waals surface area contributed by atoms with Crippen LogP contribution in [0.3, 0.4) is 0 Å². The lowest BCUT2D eigenvalue weighted by Crippen LogP contribution is -2.44. The predicted octanol–water partition coefficient (Wildman–Crippen LogP) is 4.21. The van der Waals surface area contributed by atoms with Crippen molar-refractivity contribution in [2.45, 2.75) is 70.0 Å². The second-order valence-electron chi connectivity index (χ2n) is 10.2. The van der Waals surface area contributed by atoms with Gasteiger partial charge in [-0.3, -0.25) is 4.79 Å². The Morgan fingerprint density at radius 1 is 0.629 bits per heavy atom. The third-order valence-corrected chi connectivity index (χ3v) is 7.38. The van der Waals surface area contributed by atoms with Crippen LogP contribution in [0.5, 0.6) is 0 Å². The largest absolute Gasteiger partial charge is 0.384 e. The maximum Gasteiger partial charge on any atom is 0.168 e. The Hall–Kier alpha value is -0.320. The molecule has 2 saturated carbocycles. The molecule has 9 heteroatoms. The average Bonchev–Trinajstić information content (AvgIpc) is 3.56. The van der Waals surface area contributed by atoms with E-state index < -0.39 is 0 Å². The van der Waals surface area contributed by atoms with Gasteiger partial charge in [-0.1, -0.05) is 0 Å². The first-order valence-electron chi connectivity index (χ1n) is 12.8. The zero-order valence-electron chi connectivity index (χ0n) is 22.4. The SMILES string of the molecule is C1CCOC1.COCC1(COC)CCC(=O)CC1.COCC1(COC)CCC2(CC1)OCCO2.Cl. The minimum atomic E-state index is -0.287. The molecule has 0 bridgehead atoms. The molecule has 8 nitrogen and oxygen atoms in total. The number of hydrogen-bond acceptors (Lipinski definition) is 8. The summed E-state index contributed by atoms with van der Waals surface area (Å²) in [5.74, 6) is 0.0909. The van der Waals surface area contributed by atoms with Crippen LogP contribution >= 0.6 is 12.4 Å². The smallest absolute Gasteiger partial charge is 0.168 e. The number of ketones is 1. The zero-order chi connectivity index (χ0) is 24.8. The molecule has 2 heterocycles. The van der Waals surface area contributed by atoms with E-state index in [1.54, 1.807) is 28.4 Å². The van der Waals surface area contributed by atoms with Crippen LogP contribution in [0, 0.1) is 10.8 Å². The number of hydrogen-bond donors (Lipinski definition) is 0. The lowest BCUT2D eigenvalue weighted by molar-refractivity contribution is -0.200. The number of rotatable bonds is 8. The number of carbonyl (C=O) groups excluding carboxylic acids is 1. The summed E-state index contributed by atoms with van der Waals surface area (Å²) < 4.78 is 37.4. The van der Waals surface area contributed by atoms with Gasteiger partial charge in [0, 0.05) is 78.2 Å². The van der Waals surface area contributed by atoms with Crippen molar-refractivity contribution in [2.75, 3.05) is 81.3 Å². The molecule has 4 rings (SSSR count). The Balaban J connectivity index is 0.000000289. The summed E-state index contributed by atoms with van der Waals surface area (Å²) >= 11 is 0. The van der Waals surface area contributed by atoms with Crippen LogP contribution in [0.4, 0.5) is 0 Å². The molecule has 4 fully saturated rings. The second kappa shape index (κ2) is 17.2. The molecule has 2 aliphatic heterocycles. The first-order valence-corrected chi connectivity index (χ1v) is 12.8. The first kappa shape index (κ1) is 32.7. The highest BCUT2D eigenvalue weighted by molar-refractivity contribution is 5.85. The average molecular weight is 525 g/mol. The van der Waals surface area contributed by atoms with Gasteiger partial charge in [-0.25, -0.2) is 0 Å². The van der Waals surface area contributed by atoms with E-state index in [0.29, 0.717) is 31.8 Å². The van der Waals surface area contributed by atoms with Crippen LogP contribution in [0.2, 0.25) is 0 Å². The number of carbonyl (C=O) groups is 1. The molecular weight excluding hydrogens is 476 g/mol. The monoisotopic (exact) mass is 524 g/mol. The summed E-state index contributed by atoms with van der Waals surface area (Å²) in [5, 5.41) is 0. The lowest BCUT2D eigenvalue weighted by Gasteiger charge is -2.42. The van der Waals surface area contributed by atoms with E-state index in [9.17, 15) is 4.79 Å². The molecule has 0 N–H and O–H groups in total. The quantitative estimate of drug-likeness (QED) is 0.467. The van der Waals surface area contributed by atoms with Crippen molar-refractivity contribution in [2.24, 2.45) is 10.8 Å². The van der Waals surface area contributed by atoms with Crippen LogP contribution < -0.4 is 0 Å². The molecule has 208 valence electrons. The molecule has 0 aromatic carbocycles. The van der Waals surface area contributed by atoms with Gasteiger partial charge in [-0.15, -0.1) is 12.4 Å². The van der Waals surface area contributed by atoms with Crippen molar-refractivity contribution in [1.82, 2.24) is 0 Å². The molecule has 2 saturated heterocycles. The Bertz CT molecular complexity index is 520. The maximum absolute atomic E-state index is 11.1. The Labute approximate surface area is 218 Å². The van der Waals surface area contributed by atoms with Gasteiger partial charge in [-0.2, -0.15) is 0 Å². The number of halogens is 1. The molecule has 0 atom stereocenters. The maximum atomic E-state index is 11.1. The lowest BCUT2D eigenvalue weighted by atomic mass is 9.73. The zero-order valence-corrected chi connectivity index (χ0v) is 23.2. The van der Waals surface area contributed by atoms with E-state index in [-0.39, 0.29) is 29.0 Å². The highest BCUT2D eigenvalue weighted by Crippen LogP contribution is 2.45. The van der Waals surface area contributed by atoms with E-state index in [1.165, 1.54) is 12.8 Å². The van der Waals surface area contributed by atoms with Gasteiger partial charge in [0.25, 0.3) is 0 Å². The molecule has 1 spiro atoms. The molecule has 0 aromatic rings. The second-order valence-corrected chi connectivity index (χ2v) is 10.2. The van der Waals surface area contributed by atoms with Gasteiger partial charge in [0.15, 0.2) is 5.79 Å². The van der Waals surface area contributed by atoms with Gasteiger partial charge in [0.2, 0.25) is 0 Å². The molecule has 2 aliphatic carbocycles. The minimum absolute atomic E-state index is 0. The van der Waals surface area contributed by atoms with Crippen molar-refractivity contribution in [3.63, 3.8) is 0 Å². The normalized spacial score (nSPS) is 24.1. The van der Waals surface area contributed by atoms with Crippen LogP contribution in [0.15, 0.2) is 0 Å². The van der Waals surface area contributed by atoms with E-state index in [1.807, 2.05) is 0 Å². The van der Waals surface area contributed by atoms with E-state index >= 15 is 0 Å². The van der Waals surface area contributed by atoms with Gasteiger partial charge >= 0.3 is 0 Å². The summed E-state index contributed by atoms with van der Waals surface area (Å²) in [5.41, 5.74) is 0.251. The summed E-state index contributed by atoms with van der Waals surface area (Å²) in [6.07, 6.45) is 9.77. The number of ether oxygens (including phenoxy) is 7. The molecule has 4 aliphatic rings. The summed E-state index contributed by atoms with van der Waals surface area (Å²) in [4.78, 5) is 11.1. The minimum Gasteiger partial charge on any atom is -0.384 e. The summed E-state index contributed by atoms with van der Waals surface area (Å²) in [6, 6.07) is 0. The molecular formula is C26H49ClO8. The Morgan fingerprint density at radius 3 is 1.37 bits per heavy atom. The topological polar surface area (TPSA) is 81.7 Å². The highest BCUT2D eigenvalue weighted by Gasteiger charge is 2.46. The van der Waals surface area contributed by atoms with Gasteiger partial charge in [-0.05, 0) is 38.5 Å². The van der Waals surface area contributed by atoms with Crippen LogP contribution in [0.1, 0.15) is 64.2 Å². The number of methoxy groups -OCH3 is 4. The highest BCUT2D eigenvalue weighted by atomic mass is 35.5. The Kier molecular flexibility index (Phi) is 16.1. The fourth-order valence-corrected chi connectivity index (χ4v) is 5.40. The van der Waals surface area contributed by atoms with Crippen LogP contribution in [-0.2, 0) is 38.0 Å². The van der Waals surface area contributed by atoms with Crippen LogP contribution in [-0.4, -0.2) is 92.9 Å². The van der Waals surface area contributed by atoms with Gasteiger partial charge < -0.3 is 33.2 Å². The fraction of sp³-hybridized carbons (Fsp3) is 0.962. The summed E-state index contributed by atoms with van der Waals surface area (Å²) in [6.45, 7) is 6.40. The van der Waals surface area contributed by atoms with Crippen molar-refractivity contribution >= 4 is 18.2 Å². The molecule has 35 heavy (non-hydrogen) atoms. The molecule has 0 unspecified atom stereocenters. The van der Waals surface area contributed by atoms with Crippen LogP contribution in [0.25, 0.3) is 0 Å². The van der Waals surface area contributed by atoms with Crippen molar-refractivity contribution in [1.29, 1.82) is 0 Å². The van der Waals surface area contributed by atoms with E-state index in [0.717, 1.165) is 78.2 Å². The van der Waals surface area contributed by atoms with Crippen molar-refractivity contribution in [3.8, 4) is 0 Å². The van der Waals surface area contributed by atoms with Crippen molar-refractivity contribution < 1.29 is 38.0 Å². The van der Waals surface area contributed by atoms with Gasteiger partial charge in [0.1, 0.15) is 5.78 Å². The first-order chi connectivity index (χ1) is 16.5. The van der Waals surface area contributed by atoms with E-state index in [2.05, 4.69) is 0 Å². The van der Waals surface area contributed by atoms with E-state index in [4.69, 9.17) is 33.2 Å². The third-order valence-electron chi connectivity index (χ3n) is 7.38. The standard InChI is InChI=1S/C12H22O4.C10H18O3.C4H8O.ClH/c1-13-9-11(10-14-2)3-5-12(6-4-11)15-7-8-16-12;1-12-7-10(8-13-2)5-3-9(11)4-6-10;1-2-4-5-3-1;/h3-10H2,1-2H3;3-8H2,1-2H3;1-4H2;1H. The fourth-order valence-electron chi connectivity index (χ4n) is 5.40. The molecule has 0 amide bonds. The molecule has 0 radical (unpaired) electrons. The van der Waals surface area contributed by atoms with Gasteiger partial charge in [0.05, 0.1) is 39.6 Å². The Morgan fingerprint density at radius 2 is 1.03 bits per heavy atom. The third kappa shape index (κ3) is 10.9. The summed E-state index contributed by atoms with van der Waals surface area (Å²) in [7, 11) is 6.91. The number of Topliss-reactive ketones (excluding diaryl/α,β-unsaturated/α-hetero) is 1. The molecule has 0 aromatic heterocycles.